The monoisotopic (exact) mass is 352 g/mol. The Bertz CT molecular complexity index is 1160. The second-order valence-corrected chi connectivity index (χ2v) is 7.53. The van der Waals surface area contributed by atoms with Crippen molar-refractivity contribution >= 4 is 21.7 Å². The predicted molar refractivity (Wildman–Crippen MR) is 114 cm³/mol. The number of aromatic nitrogens is 1. The zero-order valence-electron chi connectivity index (χ0n) is 16.0. The summed E-state index contributed by atoms with van der Waals surface area (Å²) >= 11 is 0. The number of pyridine rings is 1. The van der Waals surface area contributed by atoms with Gasteiger partial charge >= 0.3 is 0 Å². The molecule has 0 N–H and O–H groups in total. The third-order valence-electron chi connectivity index (χ3n) is 6.00. The Hall–Kier alpha value is -2.71. The van der Waals surface area contributed by atoms with Crippen molar-refractivity contribution in [3.8, 4) is 11.3 Å². The van der Waals surface area contributed by atoms with Crippen LogP contribution in [0.15, 0.2) is 60.7 Å². The van der Waals surface area contributed by atoms with Crippen molar-refractivity contribution in [1.82, 2.24) is 9.88 Å². The summed E-state index contributed by atoms with van der Waals surface area (Å²) in [5.41, 5.74) is 7.77. The molecule has 0 saturated carbocycles. The average Bonchev–Trinajstić information content (AvgIpc) is 2.72. The number of hydrogen-bond acceptors (Lipinski definition) is 2. The molecule has 0 radical (unpaired) electrons. The zero-order chi connectivity index (χ0) is 18.4. The lowest BCUT2D eigenvalue weighted by Crippen LogP contribution is -2.31. The molecule has 1 aliphatic heterocycles. The first-order valence-electron chi connectivity index (χ1n) is 9.88. The van der Waals surface area contributed by atoms with Crippen LogP contribution in [0.3, 0.4) is 0 Å². The van der Waals surface area contributed by atoms with Crippen LogP contribution in [0.4, 0.5) is 0 Å². The van der Waals surface area contributed by atoms with Crippen molar-refractivity contribution in [3.63, 3.8) is 0 Å². The van der Waals surface area contributed by atoms with Crippen LogP contribution in [0.2, 0.25) is 0 Å². The van der Waals surface area contributed by atoms with Gasteiger partial charge < -0.3 is 0 Å². The van der Waals surface area contributed by atoms with E-state index < -0.39 is 0 Å². The molecular formula is C25H24N2. The number of rotatable bonds is 2. The van der Waals surface area contributed by atoms with Crippen molar-refractivity contribution in [2.24, 2.45) is 0 Å². The summed E-state index contributed by atoms with van der Waals surface area (Å²) in [6.45, 7) is 7.64. The fraction of sp³-hybridized carbons (Fsp3) is 0.240. The van der Waals surface area contributed by atoms with Crippen LogP contribution >= 0.6 is 0 Å². The van der Waals surface area contributed by atoms with Gasteiger partial charge in [-0.1, -0.05) is 61.5 Å². The maximum atomic E-state index is 5.21. The van der Waals surface area contributed by atoms with Crippen molar-refractivity contribution in [2.75, 3.05) is 13.1 Å². The Balaban J connectivity index is 1.89. The first kappa shape index (κ1) is 16.5. The molecule has 1 aromatic heterocycles. The molecule has 2 heteroatoms. The van der Waals surface area contributed by atoms with Gasteiger partial charge in [-0.25, -0.2) is 4.98 Å². The van der Waals surface area contributed by atoms with Gasteiger partial charge in [0.05, 0.1) is 11.2 Å². The van der Waals surface area contributed by atoms with E-state index in [0.29, 0.717) is 0 Å². The third kappa shape index (κ3) is 2.64. The maximum Gasteiger partial charge on any atom is 0.0760 e. The minimum atomic E-state index is 0.988. The molecule has 0 bridgehead atoms. The minimum absolute atomic E-state index is 0.988. The fourth-order valence-corrected chi connectivity index (χ4v) is 4.50. The molecule has 2 heterocycles. The van der Waals surface area contributed by atoms with E-state index in [1.165, 1.54) is 44.1 Å². The summed E-state index contributed by atoms with van der Waals surface area (Å²) in [4.78, 5) is 7.74. The second-order valence-electron chi connectivity index (χ2n) is 7.53. The molecular weight excluding hydrogens is 328 g/mol. The lowest BCUT2D eigenvalue weighted by molar-refractivity contribution is 0.269. The molecule has 0 unspecified atom stereocenters. The van der Waals surface area contributed by atoms with Gasteiger partial charge in [0.2, 0.25) is 0 Å². The first-order chi connectivity index (χ1) is 13.3. The standard InChI is InChI=1S/C25H24N2/c1-3-27-15-14-21-22(16-27)25(19-10-6-4-8-17(19)2)26-23-13-12-18-9-5-7-11-20(18)24(21)23/h4-13H,3,14-16H2,1-2H3. The van der Waals surface area contributed by atoms with Crippen LogP contribution in [-0.2, 0) is 13.0 Å². The van der Waals surface area contributed by atoms with Crippen LogP contribution in [0, 0.1) is 6.92 Å². The van der Waals surface area contributed by atoms with E-state index in [-0.39, 0.29) is 0 Å². The molecule has 0 fully saturated rings. The van der Waals surface area contributed by atoms with E-state index in [0.717, 1.165) is 31.6 Å². The molecule has 134 valence electrons. The van der Waals surface area contributed by atoms with Gasteiger partial charge in [0.1, 0.15) is 0 Å². The van der Waals surface area contributed by atoms with E-state index in [9.17, 15) is 0 Å². The molecule has 3 aromatic carbocycles. The number of benzene rings is 3. The Morgan fingerprint density at radius 2 is 1.74 bits per heavy atom. The Morgan fingerprint density at radius 3 is 2.59 bits per heavy atom. The SMILES string of the molecule is CCN1CCc2c(c(-c3ccccc3C)nc3ccc4ccccc4c23)C1. The van der Waals surface area contributed by atoms with Crippen LogP contribution in [0.5, 0.6) is 0 Å². The van der Waals surface area contributed by atoms with E-state index >= 15 is 0 Å². The number of fused-ring (bicyclic) bond motifs is 5. The highest BCUT2D eigenvalue weighted by atomic mass is 15.1. The zero-order valence-corrected chi connectivity index (χ0v) is 16.0. The van der Waals surface area contributed by atoms with Crippen LogP contribution in [-0.4, -0.2) is 23.0 Å². The van der Waals surface area contributed by atoms with Crippen molar-refractivity contribution in [3.05, 3.63) is 77.4 Å². The van der Waals surface area contributed by atoms with Gasteiger partial charge in [-0.2, -0.15) is 0 Å². The van der Waals surface area contributed by atoms with E-state index in [1.54, 1.807) is 0 Å². The number of nitrogens with zero attached hydrogens (tertiary/aromatic N) is 2. The van der Waals surface area contributed by atoms with Gasteiger partial charge in [0.25, 0.3) is 0 Å². The van der Waals surface area contributed by atoms with Gasteiger partial charge in [-0.15, -0.1) is 0 Å². The Kier molecular flexibility index (Phi) is 3.95. The summed E-state index contributed by atoms with van der Waals surface area (Å²) in [6, 6.07) is 21.8. The molecule has 0 saturated heterocycles. The van der Waals surface area contributed by atoms with Crippen LogP contribution in [0.25, 0.3) is 32.9 Å². The fourth-order valence-electron chi connectivity index (χ4n) is 4.50. The highest BCUT2D eigenvalue weighted by molar-refractivity contribution is 6.09. The van der Waals surface area contributed by atoms with E-state index in [4.69, 9.17) is 4.98 Å². The number of hydrogen-bond donors (Lipinski definition) is 0. The molecule has 0 amide bonds. The second kappa shape index (κ2) is 6.47. The summed E-state index contributed by atoms with van der Waals surface area (Å²) in [5.74, 6) is 0. The quantitative estimate of drug-likeness (QED) is 0.428. The van der Waals surface area contributed by atoms with Gasteiger partial charge in [0, 0.05) is 24.0 Å². The minimum Gasteiger partial charge on any atom is -0.299 e. The van der Waals surface area contributed by atoms with Crippen LogP contribution < -0.4 is 0 Å². The summed E-state index contributed by atoms with van der Waals surface area (Å²) in [6.07, 6.45) is 1.09. The molecule has 4 aromatic rings. The van der Waals surface area contributed by atoms with Crippen molar-refractivity contribution < 1.29 is 0 Å². The Morgan fingerprint density at radius 1 is 0.926 bits per heavy atom. The molecule has 0 spiro atoms. The smallest absolute Gasteiger partial charge is 0.0760 e. The lowest BCUT2D eigenvalue weighted by Gasteiger charge is -2.30. The Labute approximate surface area is 160 Å². The number of aryl methyl sites for hydroxylation is 1. The molecule has 0 aliphatic carbocycles. The van der Waals surface area contributed by atoms with Crippen molar-refractivity contribution in [2.45, 2.75) is 26.8 Å². The predicted octanol–water partition coefficient (Wildman–Crippen LogP) is 5.74. The average molecular weight is 352 g/mol. The summed E-state index contributed by atoms with van der Waals surface area (Å²) in [5, 5.41) is 3.99. The van der Waals surface area contributed by atoms with Gasteiger partial charge in [0.15, 0.2) is 0 Å². The molecule has 1 aliphatic rings. The lowest BCUT2D eigenvalue weighted by atomic mass is 9.88. The van der Waals surface area contributed by atoms with Crippen molar-refractivity contribution in [1.29, 1.82) is 0 Å². The number of likely N-dealkylation sites (N-methyl/N-ethyl adjacent to an activating group) is 1. The van der Waals surface area contributed by atoms with Gasteiger partial charge in [-0.05, 0) is 53.4 Å². The summed E-state index contributed by atoms with van der Waals surface area (Å²) < 4.78 is 0. The maximum absolute atomic E-state index is 5.21. The van der Waals surface area contributed by atoms with E-state index in [1.807, 2.05) is 0 Å². The topological polar surface area (TPSA) is 16.1 Å². The molecule has 5 rings (SSSR count). The normalized spacial score (nSPS) is 14.6. The summed E-state index contributed by atoms with van der Waals surface area (Å²) in [7, 11) is 0. The van der Waals surface area contributed by atoms with E-state index in [2.05, 4.69) is 79.4 Å². The highest BCUT2D eigenvalue weighted by Crippen LogP contribution is 2.37. The highest BCUT2D eigenvalue weighted by Gasteiger charge is 2.24. The molecule has 27 heavy (non-hydrogen) atoms. The van der Waals surface area contributed by atoms with Gasteiger partial charge in [-0.3, -0.25) is 4.90 Å². The molecule has 2 nitrogen and oxygen atoms in total. The largest absolute Gasteiger partial charge is 0.299 e. The first-order valence-corrected chi connectivity index (χ1v) is 9.88. The molecule has 0 atom stereocenters. The van der Waals surface area contributed by atoms with Crippen LogP contribution in [0.1, 0.15) is 23.6 Å². The third-order valence-corrected chi connectivity index (χ3v) is 6.00.